The van der Waals surface area contributed by atoms with Crippen molar-refractivity contribution in [3.05, 3.63) is 47.0 Å². The number of amides is 3. The van der Waals surface area contributed by atoms with E-state index in [1.807, 2.05) is 12.1 Å². The summed E-state index contributed by atoms with van der Waals surface area (Å²) in [5.41, 5.74) is 8.00. The summed E-state index contributed by atoms with van der Waals surface area (Å²) in [4.78, 5) is 22.7. The number of primary amides is 1. The lowest BCUT2D eigenvalue weighted by atomic mass is 9.97. The molecular formula is C17H23N3O2. The second-order valence-corrected chi connectivity index (χ2v) is 5.53. The lowest BCUT2D eigenvalue weighted by Gasteiger charge is -2.13. The van der Waals surface area contributed by atoms with E-state index in [1.165, 1.54) is 24.8 Å². The van der Waals surface area contributed by atoms with Crippen LogP contribution in [0.25, 0.3) is 0 Å². The molecule has 5 heteroatoms. The first-order chi connectivity index (χ1) is 10.6. The van der Waals surface area contributed by atoms with Crippen LogP contribution >= 0.6 is 0 Å². The average Bonchev–Trinajstić information content (AvgIpc) is 2.54. The summed E-state index contributed by atoms with van der Waals surface area (Å²) < 4.78 is 0. The Morgan fingerprint density at radius 1 is 1.09 bits per heavy atom. The lowest BCUT2D eigenvalue weighted by molar-refractivity contribution is 0.0954. The molecule has 0 unspecified atom stereocenters. The Kier molecular flexibility index (Phi) is 6.01. The Morgan fingerprint density at radius 3 is 2.50 bits per heavy atom. The molecule has 0 saturated carbocycles. The number of hydrogen-bond acceptors (Lipinski definition) is 2. The Balaban J connectivity index is 1.77. The van der Waals surface area contributed by atoms with Crippen molar-refractivity contribution in [1.29, 1.82) is 0 Å². The standard InChI is InChI=1S/C17H23N3O2/c18-17(22)20-12-14-6-8-15(9-7-14)16(21)19-11-10-13-4-2-1-3-5-13/h4,6-9H,1-3,5,10-12H2,(H,19,21)(H3,18,20,22). The van der Waals surface area contributed by atoms with Crippen LogP contribution in [0.15, 0.2) is 35.9 Å². The Labute approximate surface area is 131 Å². The molecule has 0 aromatic heterocycles. The van der Waals surface area contributed by atoms with E-state index in [1.54, 1.807) is 12.1 Å². The summed E-state index contributed by atoms with van der Waals surface area (Å²) >= 11 is 0. The van der Waals surface area contributed by atoms with E-state index in [4.69, 9.17) is 5.73 Å². The molecule has 0 atom stereocenters. The van der Waals surface area contributed by atoms with E-state index in [-0.39, 0.29) is 5.91 Å². The molecule has 0 saturated heterocycles. The van der Waals surface area contributed by atoms with Gasteiger partial charge in [0.2, 0.25) is 0 Å². The first-order valence-corrected chi connectivity index (χ1v) is 7.73. The maximum atomic E-state index is 12.0. The van der Waals surface area contributed by atoms with Crippen LogP contribution in [0.4, 0.5) is 4.79 Å². The normalized spacial score (nSPS) is 14.1. The monoisotopic (exact) mass is 301 g/mol. The van der Waals surface area contributed by atoms with Gasteiger partial charge in [0.25, 0.3) is 5.91 Å². The highest BCUT2D eigenvalue weighted by molar-refractivity contribution is 5.94. The van der Waals surface area contributed by atoms with E-state index in [0.717, 1.165) is 18.4 Å². The predicted molar refractivity (Wildman–Crippen MR) is 86.4 cm³/mol. The van der Waals surface area contributed by atoms with Crippen molar-refractivity contribution in [3.63, 3.8) is 0 Å². The van der Waals surface area contributed by atoms with Gasteiger partial charge < -0.3 is 16.4 Å². The van der Waals surface area contributed by atoms with E-state index >= 15 is 0 Å². The number of nitrogens with two attached hydrogens (primary N) is 1. The number of urea groups is 1. The SMILES string of the molecule is NC(=O)NCc1ccc(C(=O)NCCC2=CCCCC2)cc1. The number of hydrogen-bond donors (Lipinski definition) is 3. The van der Waals surface area contributed by atoms with Crippen molar-refractivity contribution in [2.45, 2.75) is 38.6 Å². The number of benzene rings is 1. The van der Waals surface area contributed by atoms with Gasteiger partial charge in [0.05, 0.1) is 0 Å². The smallest absolute Gasteiger partial charge is 0.312 e. The highest BCUT2D eigenvalue weighted by Crippen LogP contribution is 2.19. The van der Waals surface area contributed by atoms with Crippen LogP contribution in [0.3, 0.4) is 0 Å². The van der Waals surface area contributed by atoms with Crippen LogP contribution in [0.1, 0.15) is 48.0 Å². The molecule has 1 aliphatic carbocycles. The van der Waals surface area contributed by atoms with Crippen molar-refractivity contribution < 1.29 is 9.59 Å². The molecule has 0 radical (unpaired) electrons. The van der Waals surface area contributed by atoms with Gasteiger partial charge in [-0.25, -0.2) is 4.79 Å². The van der Waals surface area contributed by atoms with E-state index in [2.05, 4.69) is 16.7 Å². The topological polar surface area (TPSA) is 84.2 Å². The molecule has 4 N–H and O–H groups in total. The molecular weight excluding hydrogens is 278 g/mol. The van der Waals surface area contributed by atoms with Gasteiger partial charge >= 0.3 is 6.03 Å². The predicted octanol–water partition coefficient (Wildman–Crippen LogP) is 2.48. The van der Waals surface area contributed by atoms with Crippen molar-refractivity contribution in [2.75, 3.05) is 6.54 Å². The van der Waals surface area contributed by atoms with Crippen molar-refractivity contribution >= 4 is 11.9 Å². The average molecular weight is 301 g/mol. The highest BCUT2D eigenvalue weighted by Gasteiger charge is 2.07. The first-order valence-electron chi connectivity index (χ1n) is 7.73. The fourth-order valence-electron chi connectivity index (χ4n) is 2.53. The van der Waals surface area contributed by atoms with E-state index in [9.17, 15) is 9.59 Å². The van der Waals surface area contributed by atoms with Crippen LogP contribution in [0.5, 0.6) is 0 Å². The van der Waals surface area contributed by atoms with Crippen LogP contribution in [-0.4, -0.2) is 18.5 Å². The number of rotatable bonds is 6. The van der Waals surface area contributed by atoms with Crippen molar-refractivity contribution in [1.82, 2.24) is 10.6 Å². The van der Waals surface area contributed by atoms with Gasteiger partial charge in [-0.1, -0.05) is 23.8 Å². The number of carbonyl (C=O) groups excluding carboxylic acids is 2. The highest BCUT2D eigenvalue weighted by atomic mass is 16.2. The van der Waals surface area contributed by atoms with Gasteiger partial charge in [-0.05, 0) is 49.8 Å². The summed E-state index contributed by atoms with van der Waals surface area (Å²) in [5, 5.41) is 5.46. The largest absolute Gasteiger partial charge is 0.352 e. The van der Waals surface area contributed by atoms with Crippen LogP contribution < -0.4 is 16.4 Å². The van der Waals surface area contributed by atoms with Gasteiger partial charge in [0.1, 0.15) is 0 Å². The summed E-state index contributed by atoms with van der Waals surface area (Å²) in [6.45, 7) is 1.04. The molecule has 5 nitrogen and oxygen atoms in total. The summed E-state index contributed by atoms with van der Waals surface area (Å²) in [6.07, 6.45) is 8.12. The van der Waals surface area contributed by atoms with E-state index < -0.39 is 6.03 Å². The first kappa shape index (κ1) is 16.1. The Bertz CT molecular complexity index is 550. The quantitative estimate of drug-likeness (QED) is 0.705. The van der Waals surface area contributed by atoms with Crippen LogP contribution in [0, 0.1) is 0 Å². The molecule has 0 bridgehead atoms. The minimum atomic E-state index is -0.557. The molecule has 0 fully saturated rings. The van der Waals surface area contributed by atoms with Crippen molar-refractivity contribution in [2.24, 2.45) is 5.73 Å². The Hall–Kier alpha value is -2.30. The molecule has 1 aromatic carbocycles. The minimum absolute atomic E-state index is 0.0641. The maximum absolute atomic E-state index is 12.0. The third-order valence-electron chi connectivity index (χ3n) is 3.80. The Morgan fingerprint density at radius 2 is 1.86 bits per heavy atom. The van der Waals surface area contributed by atoms with Crippen molar-refractivity contribution in [3.8, 4) is 0 Å². The molecule has 0 heterocycles. The molecule has 22 heavy (non-hydrogen) atoms. The van der Waals surface area contributed by atoms with Gasteiger partial charge in [0.15, 0.2) is 0 Å². The summed E-state index contributed by atoms with van der Waals surface area (Å²) in [7, 11) is 0. The number of nitrogens with one attached hydrogen (secondary N) is 2. The molecule has 1 aromatic rings. The number of allylic oxidation sites excluding steroid dienone is 1. The van der Waals surface area contributed by atoms with Gasteiger partial charge in [-0.15, -0.1) is 0 Å². The second-order valence-electron chi connectivity index (χ2n) is 5.53. The van der Waals surface area contributed by atoms with Gasteiger partial charge in [-0.2, -0.15) is 0 Å². The molecule has 1 aliphatic rings. The zero-order valence-corrected chi connectivity index (χ0v) is 12.7. The third kappa shape index (κ3) is 5.24. The second kappa shape index (κ2) is 8.22. The lowest BCUT2D eigenvalue weighted by Crippen LogP contribution is -2.28. The summed E-state index contributed by atoms with van der Waals surface area (Å²) in [5.74, 6) is -0.0641. The zero-order chi connectivity index (χ0) is 15.8. The van der Waals surface area contributed by atoms with Crippen LogP contribution in [-0.2, 0) is 6.54 Å². The minimum Gasteiger partial charge on any atom is -0.352 e. The number of carbonyl (C=O) groups is 2. The summed E-state index contributed by atoms with van der Waals surface area (Å²) in [6, 6.07) is 6.59. The fourth-order valence-corrected chi connectivity index (χ4v) is 2.53. The van der Waals surface area contributed by atoms with Gasteiger partial charge in [-0.3, -0.25) is 4.79 Å². The fraction of sp³-hybridized carbons (Fsp3) is 0.412. The maximum Gasteiger partial charge on any atom is 0.312 e. The third-order valence-corrected chi connectivity index (χ3v) is 3.80. The van der Waals surface area contributed by atoms with E-state index in [0.29, 0.717) is 18.7 Å². The molecule has 118 valence electrons. The molecule has 3 amide bonds. The molecule has 0 spiro atoms. The van der Waals surface area contributed by atoms with Crippen LogP contribution in [0.2, 0.25) is 0 Å². The van der Waals surface area contributed by atoms with Gasteiger partial charge in [0, 0.05) is 18.7 Å². The zero-order valence-electron chi connectivity index (χ0n) is 12.7. The molecule has 2 rings (SSSR count). The molecule has 0 aliphatic heterocycles.